The maximum absolute atomic E-state index is 12.2. The Balaban J connectivity index is 1.84. The molecule has 0 bridgehead atoms. The van der Waals surface area contributed by atoms with E-state index in [0.717, 1.165) is 15.0 Å². The molecule has 0 fully saturated rings. The highest BCUT2D eigenvalue weighted by atomic mass is 32.2. The topological polar surface area (TPSA) is 66.9 Å². The summed E-state index contributed by atoms with van der Waals surface area (Å²) in [6.45, 7) is 8.63. The van der Waals surface area contributed by atoms with Crippen LogP contribution in [-0.4, -0.2) is 26.9 Å². The van der Waals surface area contributed by atoms with Crippen molar-refractivity contribution in [3.63, 3.8) is 0 Å². The standard InChI is InChI=1S/C16H22N4OS2/c1-11(13(21)17-10-12-8-6-5-7-9-12)22-15-20-19-14(23-15)18-16(2,3)4/h5-9,11H,10H2,1-4H3,(H,17,21)(H,18,19). The zero-order valence-electron chi connectivity index (χ0n) is 13.8. The minimum absolute atomic E-state index is 0.000571. The van der Waals surface area contributed by atoms with Crippen LogP contribution in [0, 0.1) is 0 Å². The Bertz CT molecular complexity index is 637. The highest BCUT2D eigenvalue weighted by Crippen LogP contribution is 2.30. The summed E-state index contributed by atoms with van der Waals surface area (Å²) >= 11 is 2.90. The highest BCUT2D eigenvalue weighted by molar-refractivity contribution is 8.02. The molecule has 1 heterocycles. The summed E-state index contributed by atoms with van der Waals surface area (Å²) in [6, 6.07) is 9.87. The number of nitrogens with zero attached hydrogens (tertiary/aromatic N) is 2. The average Bonchev–Trinajstić information content (AvgIpc) is 2.90. The van der Waals surface area contributed by atoms with E-state index >= 15 is 0 Å². The van der Waals surface area contributed by atoms with Crippen LogP contribution >= 0.6 is 23.1 Å². The van der Waals surface area contributed by atoms with Gasteiger partial charge in [0.15, 0.2) is 4.34 Å². The molecular weight excluding hydrogens is 328 g/mol. The molecule has 0 saturated carbocycles. The van der Waals surface area contributed by atoms with Gasteiger partial charge >= 0.3 is 0 Å². The minimum Gasteiger partial charge on any atom is -0.355 e. The zero-order chi connectivity index (χ0) is 16.9. The Morgan fingerprint density at radius 1 is 1.26 bits per heavy atom. The van der Waals surface area contributed by atoms with Crippen LogP contribution in [0.1, 0.15) is 33.3 Å². The molecule has 1 atom stereocenters. The second kappa shape index (κ2) is 7.79. The summed E-state index contributed by atoms with van der Waals surface area (Å²) in [4.78, 5) is 12.2. The van der Waals surface area contributed by atoms with Crippen LogP contribution < -0.4 is 10.6 Å². The van der Waals surface area contributed by atoms with Crippen LogP contribution in [0.15, 0.2) is 34.7 Å². The number of hydrogen-bond acceptors (Lipinski definition) is 6. The quantitative estimate of drug-likeness (QED) is 0.780. The molecule has 5 nitrogen and oxygen atoms in total. The van der Waals surface area contributed by atoms with E-state index in [1.807, 2.05) is 37.3 Å². The molecule has 1 unspecified atom stereocenters. The van der Waals surface area contributed by atoms with Crippen molar-refractivity contribution in [3.05, 3.63) is 35.9 Å². The van der Waals surface area contributed by atoms with E-state index in [2.05, 4.69) is 41.6 Å². The molecule has 2 N–H and O–H groups in total. The van der Waals surface area contributed by atoms with Crippen molar-refractivity contribution < 1.29 is 4.79 Å². The lowest BCUT2D eigenvalue weighted by Gasteiger charge is -2.18. The predicted octanol–water partition coefficient (Wildman–Crippen LogP) is 3.55. The van der Waals surface area contributed by atoms with E-state index in [0.29, 0.717) is 6.54 Å². The van der Waals surface area contributed by atoms with Gasteiger partial charge < -0.3 is 10.6 Å². The van der Waals surface area contributed by atoms with Gasteiger partial charge in [0.25, 0.3) is 0 Å². The lowest BCUT2D eigenvalue weighted by molar-refractivity contribution is -0.120. The van der Waals surface area contributed by atoms with Gasteiger partial charge in [0.05, 0.1) is 5.25 Å². The third-order valence-electron chi connectivity index (χ3n) is 2.84. The first-order valence-corrected chi connectivity index (χ1v) is 9.13. The van der Waals surface area contributed by atoms with Gasteiger partial charge in [-0.2, -0.15) is 0 Å². The van der Waals surface area contributed by atoms with E-state index < -0.39 is 0 Å². The van der Waals surface area contributed by atoms with Crippen molar-refractivity contribution in [2.24, 2.45) is 0 Å². The lowest BCUT2D eigenvalue weighted by atomic mass is 10.1. The lowest BCUT2D eigenvalue weighted by Crippen LogP contribution is -2.30. The normalized spacial score (nSPS) is 12.7. The fraction of sp³-hybridized carbons (Fsp3) is 0.438. The van der Waals surface area contributed by atoms with E-state index in [1.165, 1.54) is 23.1 Å². The Morgan fingerprint density at radius 3 is 2.61 bits per heavy atom. The van der Waals surface area contributed by atoms with E-state index in [-0.39, 0.29) is 16.7 Å². The number of aromatic nitrogens is 2. The van der Waals surface area contributed by atoms with Crippen molar-refractivity contribution in [1.29, 1.82) is 0 Å². The highest BCUT2D eigenvalue weighted by Gasteiger charge is 2.18. The molecule has 0 spiro atoms. The predicted molar refractivity (Wildman–Crippen MR) is 96.9 cm³/mol. The third-order valence-corrected chi connectivity index (χ3v) is 4.87. The largest absolute Gasteiger partial charge is 0.355 e. The Hall–Kier alpha value is -1.60. The Kier molecular flexibility index (Phi) is 6.01. The fourth-order valence-corrected chi connectivity index (χ4v) is 3.89. The number of hydrogen-bond donors (Lipinski definition) is 2. The van der Waals surface area contributed by atoms with Crippen molar-refractivity contribution in [2.45, 2.75) is 49.4 Å². The second-order valence-corrected chi connectivity index (χ2v) is 8.78. The number of rotatable bonds is 6. The summed E-state index contributed by atoms with van der Waals surface area (Å²) in [5.74, 6) is -0.000571. The number of anilines is 1. The SMILES string of the molecule is CC(Sc1nnc(NC(C)(C)C)s1)C(=O)NCc1ccccc1. The average molecular weight is 351 g/mol. The van der Waals surface area contributed by atoms with Gasteiger partial charge in [0.2, 0.25) is 11.0 Å². The molecule has 1 aromatic carbocycles. The van der Waals surface area contributed by atoms with Gasteiger partial charge in [0.1, 0.15) is 0 Å². The van der Waals surface area contributed by atoms with Crippen LogP contribution in [-0.2, 0) is 11.3 Å². The summed E-state index contributed by atoms with van der Waals surface area (Å²) in [5.41, 5.74) is 1.03. The van der Waals surface area contributed by atoms with Crippen molar-refractivity contribution in [3.8, 4) is 0 Å². The number of benzene rings is 1. The zero-order valence-corrected chi connectivity index (χ0v) is 15.4. The summed E-state index contributed by atoms with van der Waals surface area (Å²) in [7, 11) is 0. The second-order valence-electron chi connectivity index (χ2n) is 6.21. The number of nitrogens with one attached hydrogen (secondary N) is 2. The van der Waals surface area contributed by atoms with Gasteiger partial charge in [-0.3, -0.25) is 4.79 Å². The van der Waals surface area contributed by atoms with Crippen LogP contribution in [0.4, 0.5) is 5.13 Å². The number of carbonyl (C=O) groups excluding carboxylic acids is 1. The van der Waals surface area contributed by atoms with Crippen molar-refractivity contribution in [2.75, 3.05) is 5.32 Å². The minimum atomic E-state index is -0.214. The van der Waals surface area contributed by atoms with Gasteiger partial charge in [-0.25, -0.2) is 0 Å². The maximum atomic E-state index is 12.2. The van der Waals surface area contributed by atoms with Gasteiger partial charge in [-0.05, 0) is 33.3 Å². The van der Waals surface area contributed by atoms with Crippen LogP contribution in [0.2, 0.25) is 0 Å². The molecule has 0 aliphatic carbocycles. The van der Waals surface area contributed by atoms with Crippen molar-refractivity contribution >= 4 is 34.1 Å². The van der Waals surface area contributed by atoms with E-state index in [9.17, 15) is 4.79 Å². The fourth-order valence-electron chi connectivity index (χ4n) is 1.76. The van der Waals surface area contributed by atoms with Crippen molar-refractivity contribution in [1.82, 2.24) is 15.5 Å². The summed E-state index contributed by atoms with van der Waals surface area (Å²) < 4.78 is 0.791. The molecule has 0 saturated heterocycles. The number of amides is 1. The molecule has 7 heteroatoms. The molecule has 23 heavy (non-hydrogen) atoms. The molecule has 124 valence electrons. The van der Waals surface area contributed by atoms with Gasteiger partial charge in [-0.15, -0.1) is 10.2 Å². The monoisotopic (exact) mass is 350 g/mol. The molecule has 1 aromatic heterocycles. The first-order chi connectivity index (χ1) is 10.8. The summed E-state index contributed by atoms with van der Waals surface area (Å²) in [5, 5.41) is 15.0. The Morgan fingerprint density at radius 2 is 1.96 bits per heavy atom. The molecular formula is C16H22N4OS2. The molecule has 0 aliphatic rings. The number of thioether (sulfide) groups is 1. The number of carbonyl (C=O) groups is 1. The molecule has 0 radical (unpaired) electrons. The van der Waals surface area contributed by atoms with Crippen LogP contribution in [0.5, 0.6) is 0 Å². The van der Waals surface area contributed by atoms with Crippen LogP contribution in [0.25, 0.3) is 0 Å². The molecule has 1 amide bonds. The molecule has 2 rings (SSSR count). The molecule has 0 aliphatic heterocycles. The smallest absolute Gasteiger partial charge is 0.233 e. The van der Waals surface area contributed by atoms with Gasteiger partial charge in [0, 0.05) is 12.1 Å². The van der Waals surface area contributed by atoms with E-state index in [1.54, 1.807) is 0 Å². The maximum Gasteiger partial charge on any atom is 0.233 e. The van der Waals surface area contributed by atoms with Crippen LogP contribution in [0.3, 0.4) is 0 Å². The van der Waals surface area contributed by atoms with Gasteiger partial charge in [-0.1, -0.05) is 53.4 Å². The third kappa shape index (κ3) is 6.19. The first kappa shape index (κ1) is 17.7. The molecule has 2 aromatic rings. The Labute approximate surface area is 145 Å². The van der Waals surface area contributed by atoms with E-state index in [4.69, 9.17) is 0 Å². The first-order valence-electron chi connectivity index (χ1n) is 7.43. The summed E-state index contributed by atoms with van der Waals surface area (Å²) in [6.07, 6.45) is 0.